The van der Waals surface area contributed by atoms with Crippen molar-refractivity contribution in [3.8, 4) is 0 Å². The second kappa shape index (κ2) is 4.71. The van der Waals surface area contributed by atoms with Gasteiger partial charge < -0.3 is 9.47 Å². The van der Waals surface area contributed by atoms with Gasteiger partial charge in [0.1, 0.15) is 0 Å². The molecular weight excluding hydrogens is 260 g/mol. The van der Waals surface area contributed by atoms with Crippen LogP contribution in [0.4, 0.5) is 0 Å². The average Bonchev–Trinajstić information content (AvgIpc) is 2.95. The Hall–Kier alpha value is -0.0800. The Morgan fingerprint density at radius 3 is 2.29 bits per heavy atom. The molecule has 0 bridgehead atoms. The molecule has 4 fully saturated rings. The van der Waals surface area contributed by atoms with Gasteiger partial charge in [-0.1, -0.05) is 40.0 Å². The Morgan fingerprint density at radius 1 is 0.810 bits per heavy atom. The third-order valence-corrected chi connectivity index (χ3v) is 7.98. The van der Waals surface area contributed by atoms with E-state index in [0.29, 0.717) is 5.41 Å². The topological polar surface area (TPSA) is 18.5 Å². The van der Waals surface area contributed by atoms with Crippen molar-refractivity contribution < 1.29 is 9.47 Å². The summed E-state index contributed by atoms with van der Waals surface area (Å²) in [5.74, 6) is 2.45. The molecule has 3 aliphatic carbocycles. The minimum absolute atomic E-state index is 0.152. The first-order chi connectivity index (χ1) is 10.00. The van der Waals surface area contributed by atoms with Gasteiger partial charge in [0.05, 0.1) is 13.2 Å². The fourth-order valence-electron chi connectivity index (χ4n) is 6.93. The van der Waals surface area contributed by atoms with E-state index in [-0.39, 0.29) is 11.2 Å². The van der Waals surface area contributed by atoms with Crippen LogP contribution in [0.15, 0.2) is 0 Å². The van der Waals surface area contributed by atoms with Crippen LogP contribution in [0, 0.1) is 28.6 Å². The molecule has 0 aromatic heterocycles. The van der Waals surface area contributed by atoms with E-state index in [1.807, 2.05) is 0 Å². The van der Waals surface area contributed by atoms with Gasteiger partial charge in [-0.2, -0.15) is 0 Å². The van der Waals surface area contributed by atoms with Crippen LogP contribution in [0.25, 0.3) is 0 Å². The third kappa shape index (κ3) is 1.84. The number of fused-ring (bicyclic) bond motifs is 3. The smallest absolute Gasteiger partial charge is 0.173 e. The van der Waals surface area contributed by atoms with Gasteiger partial charge in [0.25, 0.3) is 0 Å². The predicted molar refractivity (Wildman–Crippen MR) is 83.9 cm³/mol. The lowest BCUT2D eigenvalue weighted by molar-refractivity contribution is -0.298. The van der Waals surface area contributed by atoms with Gasteiger partial charge in [-0.25, -0.2) is 0 Å². The summed E-state index contributed by atoms with van der Waals surface area (Å²) in [6.07, 6.45) is 11.2. The van der Waals surface area contributed by atoms with Crippen LogP contribution in [0.2, 0.25) is 0 Å². The monoisotopic (exact) mass is 292 g/mol. The van der Waals surface area contributed by atoms with Crippen molar-refractivity contribution in [3.05, 3.63) is 0 Å². The summed E-state index contributed by atoms with van der Waals surface area (Å²) in [6.45, 7) is 9.06. The average molecular weight is 292 g/mol. The lowest BCUT2D eigenvalue weighted by atomic mass is 9.43. The van der Waals surface area contributed by atoms with Crippen LogP contribution >= 0.6 is 0 Å². The van der Waals surface area contributed by atoms with Crippen molar-refractivity contribution in [2.75, 3.05) is 13.2 Å². The van der Waals surface area contributed by atoms with E-state index in [1.54, 1.807) is 0 Å². The second-order valence-corrected chi connectivity index (χ2v) is 8.96. The summed E-state index contributed by atoms with van der Waals surface area (Å²) in [5, 5.41) is 0. The number of hydrogen-bond acceptors (Lipinski definition) is 2. The maximum absolute atomic E-state index is 6.20. The predicted octanol–water partition coefficient (Wildman–Crippen LogP) is 4.77. The van der Waals surface area contributed by atoms with Crippen LogP contribution in [0.3, 0.4) is 0 Å². The highest BCUT2D eigenvalue weighted by molar-refractivity contribution is 5.10. The van der Waals surface area contributed by atoms with Crippen LogP contribution < -0.4 is 0 Å². The zero-order valence-corrected chi connectivity index (χ0v) is 14.1. The zero-order valence-electron chi connectivity index (χ0n) is 14.1. The molecule has 1 aliphatic heterocycles. The SMILES string of the molecule is CC1(C)[C@@H]2CC[C@H]3CCCC[C@@H]3[C@@]2(C)CCC12OCCO2. The molecule has 3 saturated carbocycles. The summed E-state index contributed by atoms with van der Waals surface area (Å²) in [5.41, 5.74) is 0.673. The van der Waals surface area contributed by atoms with Gasteiger partial charge in [-0.3, -0.25) is 0 Å². The van der Waals surface area contributed by atoms with Crippen LogP contribution in [-0.4, -0.2) is 19.0 Å². The van der Waals surface area contributed by atoms with Crippen molar-refractivity contribution in [2.24, 2.45) is 28.6 Å². The third-order valence-electron chi connectivity index (χ3n) is 7.98. The van der Waals surface area contributed by atoms with E-state index < -0.39 is 0 Å². The summed E-state index contributed by atoms with van der Waals surface area (Å²) in [6, 6.07) is 0. The van der Waals surface area contributed by atoms with E-state index in [1.165, 1.54) is 44.9 Å². The van der Waals surface area contributed by atoms with Crippen LogP contribution in [-0.2, 0) is 9.47 Å². The lowest BCUT2D eigenvalue weighted by Gasteiger charge is -2.64. The van der Waals surface area contributed by atoms with Gasteiger partial charge >= 0.3 is 0 Å². The summed E-state index contributed by atoms with van der Waals surface area (Å²) < 4.78 is 12.4. The van der Waals surface area contributed by atoms with Gasteiger partial charge in [0, 0.05) is 11.8 Å². The van der Waals surface area contributed by atoms with E-state index in [2.05, 4.69) is 20.8 Å². The molecule has 0 unspecified atom stereocenters. The highest BCUT2D eigenvalue weighted by Crippen LogP contribution is 2.67. The molecule has 21 heavy (non-hydrogen) atoms. The molecule has 0 amide bonds. The van der Waals surface area contributed by atoms with Crippen molar-refractivity contribution >= 4 is 0 Å². The minimum atomic E-state index is -0.279. The maximum atomic E-state index is 6.20. The first kappa shape index (κ1) is 14.5. The molecule has 4 rings (SSSR count). The summed E-state index contributed by atoms with van der Waals surface area (Å²) in [4.78, 5) is 0. The molecule has 4 atom stereocenters. The highest BCUT2D eigenvalue weighted by Gasteiger charge is 2.64. The molecule has 0 N–H and O–H groups in total. The Labute approximate surface area is 130 Å². The fraction of sp³-hybridized carbons (Fsp3) is 1.00. The van der Waals surface area contributed by atoms with Gasteiger partial charge in [-0.15, -0.1) is 0 Å². The number of rotatable bonds is 0. The molecule has 2 nitrogen and oxygen atoms in total. The van der Waals surface area contributed by atoms with Gasteiger partial charge in [-0.05, 0) is 48.9 Å². The molecule has 0 aromatic carbocycles. The standard InChI is InChI=1S/C19H32O2/c1-17(2)16-9-8-14-6-4-5-7-15(14)18(16,3)10-11-19(17)20-12-13-21-19/h14-16H,4-13H2,1-3H3/t14-,15+,16+,18-/m1/s1. The first-order valence-electron chi connectivity index (χ1n) is 9.28. The van der Waals surface area contributed by atoms with Gasteiger partial charge in [0.2, 0.25) is 0 Å². The minimum Gasteiger partial charge on any atom is -0.347 e. The fourth-order valence-corrected chi connectivity index (χ4v) is 6.93. The molecule has 1 saturated heterocycles. The van der Waals surface area contributed by atoms with E-state index in [0.717, 1.165) is 37.4 Å². The Bertz CT molecular complexity index is 410. The van der Waals surface area contributed by atoms with Crippen molar-refractivity contribution in [3.63, 3.8) is 0 Å². The molecule has 2 heteroatoms. The molecule has 1 spiro atoms. The zero-order chi connectivity index (χ0) is 14.7. The van der Waals surface area contributed by atoms with E-state index >= 15 is 0 Å². The maximum Gasteiger partial charge on any atom is 0.173 e. The van der Waals surface area contributed by atoms with E-state index in [4.69, 9.17) is 9.47 Å². The summed E-state index contributed by atoms with van der Waals surface area (Å²) in [7, 11) is 0. The lowest BCUT2D eigenvalue weighted by Crippen LogP contribution is -2.62. The molecular formula is C19H32O2. The van der Waals surface area contributed by atoms with Crippen molar-refractivity contribution in [1.29, 1.82) is 0 Å². The normalized spacial score (nSPS) is 47.9. The quantitative estimate of drug-likeness (QED) is 0.640. The number of ether oxygens (including phenoxy) is 2. The molecule has 0 radical (unpaired) electrons. The second-order valence-electron chi connectivity index (χ2n) is 8.96. The van der Waals surface area contributed by atoms with Crippen molar-refractivity contribution in [2.45, 2.75) is 77.9 Å². The Balaban J connectivity index is 1.68. The van der Waals surface area contributed by atoms with Crippen LogP contribution in [0.5, 0.6) is 0 Å². The molecule has 1 heterocycles. The first-order valence-corrected chi connectivity index (χ1v) is 9.28. The Kier molecular flexibility index (Phi) is 3.25. The molecule has 120 valence electrons. The molecule has 4 aliphatic rings. The van der Waals surface area contributed by atoms with Gasteiger partial charge in [0.15, 0.2) is 5.79 Å². The Morgan fingerprint density at radius 2 is 1.52 bits per heavy atom. The van der Waals surface area contributed by atoms with E-state index in [9.17, 15) is 0 Å². The highest BCUT2D eigenvalue weighted by atomic mass is 16.7. The molecule has 0 aromatic rings. The summed E-state index contributed by atoms with van der Waals surface area (Å²) >= 11 is 0. The van der Waals surface area contributed by atoms with Crippen LogP contribution in [0.1, 0.15) is 72.1 Å². The number of hydrogen-bond donors (Lipinski definition) is 0. The van der Waals surface area contributed by atoms with Crippen molar-refractivity contribution in [1.82, 2.24) is 0 Å². The largest absolute Gasteiger partial charge is 0.347 e.